The van der Waals surface area contributed by atoms with Gasteiger partial charge in [-0.25, -0.2) is 0 Å². The van der Waals surface area contributed by atoms with Crippen LogP contribution in [-0.2, 0) is 6.54 Å². The Bertz CT molecular complexity index is 608. The van der Waals surface area contributed by atoms with E-state index in [1.165, 1.54) is 6.07 Å². The lowest BCUT2D eigenvalue weighted by molar-refractivity contribution is -0.385. The van der Waals surface area contributed by atoms with Crippen LogP contribution in [0.2, 0.25) is 0 Å². The van der Waals surface area contributed by atoms with Crippen molar-refractivity contribution in [3.05, 3.63) is 53.8 Å². The largest absolute Gasteiger partial charge is 0.451 e. The molecule has 0 unspecified atom stereocenters. The number of benzene rings is 1. The van der Waals surface area contributed by atoms with Crippen molar-refractivity contribution in [3.8, 4) is 0 Å². The number of nitrogens with one attached hydrogen (secondary N) is 1. The minimum Gasteiger partial charge on any atom is -0.451 e. The van der Waals surface area contributed by atoms with Crippen molar-refractivity contribution in [1.82, 2.24) is 0 Å². The summed E-state index contributed by atoms with van der Waals surface area (Å²) in [6, 6.07) is 6.60. The lowest BCUT2D eigenvalue weighted by Crippen LogP contribution is -1.98. The number of furan rings is 1. The van der Waals surface area contributed by atoms with E-state index < -0.39 is 4.92 Å². The zero-order chi connectivity index (χ0) is 14.0. The number of halogens is 3. The molecule has 19 heavy (non-hydrogen) atoms. The molecule has 1 heterocycles. The topological polar surface area (TPSA) is 68.3 Å². The summed E-state index contributed by atoms with van der Waals surface area (Å²) in [6.07, 6.45) is 0. The third kappa shape index (κ3) is 3.58. The average molecular weight is 455 g/mol. The Kier molecular flexibility index (Phi) is 4.64. The molecule has 2 rings (SSSR count). The second-order valence-corrected chi connectivity index (χ2v) is 6.04. The molecule has 8 heteroatoms. The van der Waals surface area contributed by atoms with Crippen molar-refractivity contribution in [3.63, 3.8) is 0 Å². The average Bonchev–Trinajstić information content (AvgIpc) is 2.66. The molecule has 0 spiro atoms. The van der Waals surface area contributed by atoms with Gasteiger partial charge in [-0.15, -0.1) is 0 Å². The third-order valence-electron chi connectivity index (χ3n) is 2.31. The molecule has 2 aromatic rings. The zero-order valence-corrected chi connectivity index (χ0v) is 14.1. The number of nitro groups is 1. The van der Waals surface area contributed by atoms with E-state index in [4.69, 9.17) is 4.42 Å². The maximum Gasteiger partial charge on any atom is 0.283 e. The Hall–Kier alpha value is -0.860. The monoisotopic (exact) mass is 452 g/mol. The van der Waals surface area contributed by atoms with Crippen molar-refractivity contribution in [2.75, 3.05) is 5.32 Å². The smallest absolute Gasteiger partial charge is 0.283 e. The van der Waals surface area contributed by atoms with Crippen LogP contribution >= 0.6 is 47.8 Å². The van der Waals surface area contributed by atoms with Gasteiger partial charge in [-0.3, -0.25) is 10.1 Å². The fourth-order valence-corrected chi connectivity index (χ4v) is 2.61. The molecule has 0 aliphatic rings. The highest BCUT2D eigenvalue weighted by atomic mass is 79.9. The number of rotatable bonds is 4. The Balaban J connectivity index is 2.08. The lowest BCUT2D eigenvalue weighted by Gasteiger charge is -2.05. The van der Waals surface area contributed by atoms with Gasteiger partial charge in [-0.05, 0) is 66.0 Å². The molecule has 5 nitrogen and oxygen atoms in total. The maximum atomic E-state index is 10.7. The molecule has 0 saturated carbocycles. The highest BCUT2D eigenvalue weighted by Crippen LogP contribution is 2.29. The van der Waals surface area contributed by atoms with E-state index in [1.54, 1.807) is 12.1 Å². The molecule has 1 aromatic carbocycles. The molecule has 0 fully saturated rings. The molecule has 0 radical (unpaired) electrons. The highest BCUT2D eigenvalue weighted by Gasteiger charge is 2.12. The summed E-state index contributed by atoms with van der Waals surface area (Å²) in [5, 5.41) is 13.8. The highest BCUT2D eigenvalue weighted by molar-refractivity contribution is 9.13. The number of nitrogens with zero attached hydrogens (tertiary/aromatic N) is 1. The maximum absolute atomic E-state index is 10.7. The van der Waals surface area contributed by atoms with Gasteiger partial charge >= 0.3 is 0 Å². The predicted octanol–water partition coefficient (Wildman–Crippen LogP) is 5.09. The zero-order valence-electron chi connectivity index (χ0n) is 9.32. The van der Waals surface area contributed by atoms with Crippen LogP contribution in [0, 0.1) is 10.1 Å². The van der Waals surface area contributed by atoms with Crippen molar-refractivity contribution >= 4 is 59.2 Å². The molecule has 0 saturated heterocycles. The minimum atomic E-state index is -0.436. The van der Waals surface area contributed by atoms with Crippen LogP contribution in [0.25, 0.3) is 0 Å². The quantitative estimate of drug-likeness (QED) is 0.516. The summed E-state index contributed by atoms with van der Waals surface area (Å²) in [5.41, 5.74) is 0.801. The van der Waals surface area contributed by atoms with Crippen LogP contribution in [0.15, 0.2) is 42.3 Å². The summed E-state index contributed by atoms with van der Waals surface area (Å²) in [7, 11) is 0. The van der Waals surface area contributed by atoms with E-state index in [-0.39, 0.29) is 5.69 Å². The first-order chi connectivity index (χ1) is 8.97. The fraction of sp³-hybridized carbons (Fsp3) is 0.0909. The SMILES string of the molecule is O=[N+]([O-])c1ccc(NCc2cc(Br)c(Br)o2)cc1Br. The van der Waals surface area contributed by atoms with E-state index in [1.807, 2.05) is 6.07 Å². The first-order valence-corrected chi connectivity index (χ1v) is 7.47. The molecule has 100 valence electrons. The molecule has 1 N–H and O–H groups in total. The standard InChI is InChI=1S/C11H7Br3N2O3/c12-8-3-6(1-2-10(8)16(17)18)15-5-7-4-9(13)11(14)19-7/h1-4,15H,5H2. The second kappa shape index (κ2) is 6.06. The van der Waals surface area contributed by atoms with Gasteiger partial charge in [0, 0.05) is 11.8 Å². The minimum absolute atomic E-state index is 0.0361. The summed E-state index contributed by atoms with van der Waals surface area (Å²) in [6.45, 7) is 0.481. The molecule has 0 bridgehead atoms. The van der Waals surface area contributed by atoms with E-state index in [0.29, 0.717) is 15.7 Å². The van der Waals surface area contributed by atoms with Gasteiger partial charge in [0.25, 0.3) is 5.69 Å². The molecular weight excluding hydrogens is 448 g/mol. The van der Waals surface area contributed by atoms with Gasteiger partial charge in [0.05, 0.1) is 20.4 Å². The summed E-state index contributed by atoms with van der Waals surface area (Å²) >= 11 is 9.75. The van der Waals surface area contributed by atoms with E-state index in [9.17, 15) is 10.1 Å². The van der Waals surface area contributed by atoms with E-state index in [0.717, 1.165) is 15.9 Å². The van der Waals surface area contributed by atoms with Gasteiger partial charge in [0.15, 0.2) is 4.67 Å². The normalized spacial score (nSPS) is 10.5. The Labute approximate surface area is 133 Å². The van der Waals surface area contributed by atoms with Crippen LogP contribution < -0.4 is 5.32 Å². The summed E-state index contributed by atoms with van der Waals surface area (Å²) < 4.78 is 7.33. The third-order valence-corrected chi connectivity index (χ3v) is 4.65. The Morgan fingerprint density at radius 1 is 1.21 bits per heavy atom. The van der Waals surface area contributed by atoms with Crippen LogP contribution in [-0.4, -0.2) is 4.92 Å². The van der Waals surface area contributed by atoms with Crippen LogP contribution in [0.3, 0.4) is 0 Å². The van der Waals surface area contributed by atoms with Gasteiger partial charge in [0.1, 0.15) is 5.76 Å². The van der Waals surface area contributed by atoms with E-state index >= 15 is 0 Å². The number of nitro benzene ring substituents is 1. The second-order valence-electron chi connectivity index (χ2n) is 3.61. The van der Waals surface area contributed by atoms with Crippen molar-refractivity contribution in [2.45, 2.75) is 6.54 Å². The Morgan fingerprint density at radius 2 is 1.95 bits per heavy atom. The first kappa shape index (κ1) is 14.5. The van der Waals surface area contributed by atoms with Crippen LogP contribution in [0.4, 0.5) is 11.4 Å². The molecule has 0 amide bonds. The summed E-state index contributed by atoms with van der Waals surface area (Å²) in [5.74, 6) is 0.744. The fourth-order valence-electron chi connectivity index (χ4n) is 1.43. The molecule has 0 aliphatic heterocycles. The predicted molar refractivity (Wildman–Crippen MR) is 82.2 cm³/mol. The van der Waals surface area contributed by atoms with Crippen molar-refractivity contribution < 1.29 is 9.34 Å². The lowest BCUT2D eigenvalue weighted by atomic mass is 10.3. The van der Waals surface area contributed by atoms with Crippen LogP contribution in [0.1, 0.15) is 5.76 Å². The van der Waals surface area contributed by atoms with Crippen molar-refractivity contribution in [2.24, 2.45) is 0 Å². The van der Waals surface area contributed by atoms with Crippen LogP contribution in [0.5, 0.6) is 0 Å². The molecule has 0 aliphatic carbocycles. The van der Waals surface area contributed by atoms with Gasteiger partial charge in [0.2, 0.25) is 0 Å². The van der Waals surface area contributed by atoms with Gasteiger partial charge in [-0.2, -0.15) is 0 Å². The molecule has 0 atom stereocenters. The number of anilines is 1. The number of hydrogen-bond acceptors (Lipinski definition) is 4. The molecule has 1 aromatic heterocycles. The van der Waals surface area contributed by atoms with E-state index in [2.05, 4.69) is 53.1 Å². The Morgan fingerprint density at radius 3 is 2.47 bits per heavy atom. The molecular formula is C11H7Br3N2O3. The van der Waals surface area contributed by atoms with Gasteiger partial charge in [-0.1, -0.05) is 0 Å². The first-order valence-electron chi connectivity index (χ1n) is 5.09. The van der Waals surface area contributed by atoms with Gasteiger partial charge < -0.3 is 9.73 Å². The summed E-state index contributed by atoms with van der Waals surface area (Å²) in [4.78, 5) is 10.2. The number of hydrogen-bond donors (Lipinski definition) is 1. The van der Waals surface area contributed by atoms with Crippen molar-refractivity contribution in [1.29, 1.82) is 0 Å².